The van der Waals surface area contributed by atoms with E-state index in [4.69, 9.17) is 9.97 Å². The lowest BCUT2D eigenvalue weighted by atomic mass is 10.1. The maximum Gasteiger partial charge on any atom is 0.146 e. The molecule has 20 heavy (non-hydrogen) atoms. The van der Waals surface area contributed by atoms with Crippen molar-refractivity contribution in [3.8, 4) is 0 Å². The van der Waals surface area contributed by atoms with Crippen molar-refractivity contribution in [1.82, 2.24) is 20.2 Å². The topological polar surface area (TPSA) is 41.1 Å². The summed E-state index contributed by atoms with van der Waals surface area (Å²) >= 11 is 2.01. The van der Waals surface area contributed by atoms with Gasteiger partial charge in [0.2, 0.25) is 0 Å². The Morgan fingerprint density at radius 3 is 3.10 bits per heavy atom. The summed E-state index contributed by atoms with van der Waals surface area (Å²) < 4.78 is 0. The summed E-state index contributed by atoms with van der Waals surface area (Å²) in [7, 11) is 4.23. The molecule has 0 amide bonds. The second kappa shape index (κ2) is 6.41. The van der Waals surface area contributed by atoms with Crippen LogP contribution in [0.15, 0.2) is 6.20 Å². The number of rotatable bonds is 2. The van der Waals surface area contributed by atoms with E-state index >= 15 is 0 Å². The number of nitrogens with one attached hydrogen (secondary N) is 1. The summed E-state index contributed by atoms with van der Waals surface area (Å²) in [5.74, 6) is 3.36. The molecule has 5 heteroatoms. The number of hydrogen-bond donors (Lipinski definition) is 1. The first-order chi connectivity index (χ1) is 9.79. The number of thioether (sulfide) groups is 1. The molecular weight excluding hydrogens is 268 g/mol. The number of aryl methyl sites for hydroxylation is 1. The lowest BCUT2D eigenvalue weighted by Crippen LogP contribution is -2.34. The Kier molecular flexibility index (Phi) is 4.58. The van der Waals surface area contributed by atoms with Gasteiger partial charge in [0.05, 0.1) is 6.04 Å². The van der Waals surface area contributed by atoms with Crippen molar-refractivity contribution < 1.29 is 0 Å². The third-order valence-corrected chi connectivity index (χ3v) is 5.52. The number of hydrogen-bond acceptors (Lipinski definition) is 5. The van der Waals surface area contributed by atoms with Crippen molar-refractivity contribution in [3.05, 3.63) is 23.3 Å². The molecule has 1 fully saturated rings. The second-order valence-corrected chi connectivity index (χ2v) is 6.94. The van der Waals surface area contributed by atoms with Crippen LogP contribution < -0.4 is 5.32 Å². The first-order valence-electron chi connectivity index (χ1n) is 7.60. The van der Waals surface area contributed by atoms with E-state index in [1.54, 1.807) is 0 Å². The van der Waals surface area contributed by atoms with Gasteiger partial charge in [-0.3, -0.25) is 4.90 Å². The van der Waals surface area contributed by atoms with Crippen LogP contribution in [0.1, 0.15) is 48.4 Å². The Morgan fingerprint density at radius 2 is 2.30 bits per heavy atom. The average molecular weight is 292 g/mol. The summed E-state index contributed by atoms with van der Waals surface area (Å²) in [6.07, 6.45) is 6.91. The molecule has 1 saturated heterocycles. The molecule has 0 bridgehead atoms. The normalized spacial score (nSPS) is 27.9. The molecule has 1 aliphatic heterocycles. The van der Waals surface area contributed by atoms with Crippen LogP contribution in [0.25, 0.3) is 0 Å². The Balaban J connectivity index is 1.89. The maximum absolute atomic E-state index is 4.94. The van der Waals surface area contributed by atoms with Gasteiger partial charge in [-0.1, -0.05) is 6.42 Å². The highest BCUT2D eigenvalue weighted by atomic mass is 32.2. The van der Waals surface area contributed by atoms with Crippen molar-refractivity contribution in [3.63, 3.8) is 0 Å². The summed E-state index contributed by atoms with van der Waals surface area (Å²) in [6.45, 7) is 1.13. The predicted octanol–water partition coefficient (Wildman–Crippen LogP) is 2.18. The van der Waals surface area contributed by atoms with E-state index in [-0.39, 0.29) is 0 Å². The van der Waals surface area contributed by atoms with Crippen LogP contribution in [0.5, 0.6) is 0 Å². The van der Waals surface area contributed by atoms with Gasteiger partial charge in [0.15, 0.2) is 0 Å². The molecule has 0 radical (unpaired) electrons. The fourth-order valence-electron chi connectivity index (χ4n) is 3.15. The number of nitrogens with zero attached hydrogens (tertiary/aromatic N) is 3. The van der Waals surface area contributed by atoms with Crippen LogP contribution in [0.2, 0.25) is 0 Å². The Hall–Kier alpha value is -0.650. The van der Waals surface area contributed by atoms with Crippen molar-refractivity contribution in [2.45, 2.75) is 37.8 Å². The minimum absolute atomic E-state index is 0.385. The van der Waals surface area contributed by atoms with Gasteiger partial charge >= 0.3 is 0 Å². The zero-order chi connectivity index (χ0) is 13.9. The van der Waals surface area contributed by atoms with Gasteiger partial charge in [-0.2, -0.15) is 11.8 Å². The standard InChI is InChI=1S/C15H24N4S/c1-16-12-5-3-4-6-13-11(12)9-17-15(18-13)14-10-20-8-7-19(14)2/h9,12,14,16H,3-8,10H2,1-2H3. The van der Waals surface area contributed by atoms with Crippen LogP contribution >= 0.6 is 11.8 Å². The molecule has 0 aromatic carbocycles. The molecule has 0 saturated carbocycles. The largest absolute Gasteiger partial charge is 0.313 e. The van der Waals surface area contributed by atoms with E-state index in [2.05, 4.69) is 23.5 Å². The first-order valence-corrected chi connectivity index (χ1v) is 8.76. The van der Waals surface area contributed by atoms with Crippen molar-refractivity contribution >= 4 is 11.8 Å². The highest BCUT2D eigenvalue weighted by Crippen LogP contribution is 2.30. The van der Waals surface area contributed by atoms with Crippen LogP contribution in [-0.2, 0) is 6.42 Å². The zero-order valence-corrected chi connectivity index (χ0v) is 13.2. The average Bonchev–Trinajstić information content (AvgIpc) is 2.69. The molecule has 2 atom stereocenters. The van der Waals surface area contributed by atoms with Crippen LogP contribution in [0.3, 0.4) is 0 Å². The van der Waals surface area contributed by atoms with Gasteiger partial charge in [0.1, 0.15) is 5.82 Å². The van der Waals surface area contributed by atoms with E-state index in [9.17, 15) is 0 Å². The van der Waals surface area contributed by atoms with Gasteiger partial charge in [0, 0.05) is 41.5 Å². The lowest BCUT2D eigenvalue weighted by molar-refractivity contribution is 0.264. The predicted molar refractivity (Wildman–Crippen MR) is 84.1 cm³/mol. The fourth-order valence-corrected chi connectivity index (χ4v) is 4.36. The Morgan fingerprint density at radius 1 is 1.40 bits per heavy atom. The Bertz CT molecular complexity index is 465. The summed E-state index contributed by atoms with van der Waals surface area (Å²) in [5, 5.41) is 3.41. The molecule has 3 rings (SSSR count). The monoisotopic (exact) mass is 292 g/mol. The zero-order valence-electron chi connectivity index (χ0n) is 12.4. The summed E-state index contributed by atoms with van der Waals surface area (Å²) in [6, 6.07) is 0.815. The number of aromatic nitrogens is 2. The highest BCUT2D eigenvalue weighted by molar-refractivity contribution is 7.99. The van der Waals surface area contributed by atoms with Crippen molar-refractivity contribution in [1.29, 1.82) is 0 Å². The third-order valence-electron chi connectivity index (χ3n) is 4.49. The van der Waals surface area contributed by atoms with Gasteiger partial charge < -0.3 is 5.32 Å². The summed E-state index contributed by atoms with van der Waals surface area (Å²) in [5.41, 5.74) is 2.59. The van der Waals surface area contributed by atoms with E-state index in [0.717, 1.165) is 24.5 Å². The summed E-state index contributed by atoms with van der Waals surface area (Å²) in [4.78, 5) is 12.0. The third kappa shape index (κ3) is 2.85. The van der Waals surface area contributed by atoms with Gasteiger partial charge in [-0.15, -0.1) is 0 Å². The minimum Gasteiger partial charge on any atom is -0.313 e. The first kappa shape index (κ1) is 14.3. The lowest BCUT2D eigenvalue weighted by Gasteiger charge is -2.31. The van der Waals surface area contributed by atoms with Gasteiger partial charge in [-0.25, -0.2) is 9.97 Å². The molecule has 1 N–H and O–H groups in total. The minimum atomic E-state index is 0.385. The molecule has 1 aliphatic carbocycles. The molecule has 0 spiro atoms. The molecule has 110 valence electrons. The van der Waals surface area contributed by atoms with Crippen LogP contribution in [0.4, 0.5) is 0 Å². The smallest absolute Gasteiger partial charge is 0.146 e. The van der Waals surface area contributed by atoms with Gasteiger partial charge in [-0.05, 0) is 33.4 Å². The SMILES string of the molecule is CNC1CCCCc2nc(C3CSCCN3C)ncc21. The maximum atomic E-state index is 4.94. The quantitative estimate of drug-likeness (QED) is 0.846. The second-order valence-electron chi connectivity index (χ2n) is 5.79. The van der Waals surface area contributed by atoms with E-state index in [1.807, 2.05) is 18.8 Å². The molecule has 1 aromatic heterocycles. The Labute approximate surface area is 125 Å². The van der Waals surface area contributed by atoms with E-state index in [1.165, 1.54) is 36.3 Å². The van der Waals surface area contributed by atoms with Crippen molar-refractivity contribution in [2.24, 2.45) is 0 Å². The molecule has 2 heterocycles. The molecular formula is C15H24N4S. The van der Waals surface area contributed by atoms with Crippen LogP contribution in [-0.4, -0.2) is 47.0 Å². The fraction of sp³-hybridized carbons (Fsp3) is 0.733. The molecule has 1 aromatic rings. The molecule has 4 nitrogen and oxygen atoms in total. The van der Waals surface area contributed by atoms with E-state index < -0.39 is 0 Å². The highest BCUT2D eigenvalue weighted by Gasteiger charge is 2.26. The number of fused-ring (bicyclic) bond motifs is 1. The van der Waals surface area contributed by atoms with Crippen LogP contribution in [0, 0.1) is 0 Å². The van der Waals surface area contributed by atoms with Crippen molar-refractivity contribution in [2.75, 3.05) is 32.1 Å². The van der Waals surface area contributed by atoms with Gasteiger partial charge in [0.25, 0.3) is 0 Å². The molecule has 2 unspecified atom stereocenters. The molecule has 2 aliphatic rings. The van der Waals surface area contributed by atoms with E-state index in [0.29, 0.717) is 12.1 Å².